The maximum absolute atomic E-state index is 12.5. The molecule has 0 saturated carbocycles. The fourth-order valence-corrected chi connectivity index (χ4v) is 3.06. The molecular weight excluding hydrogens is 296 g/mol. The molecule has 6 nitrogen and oxygen atoms in total. The van der Waals surface area contributed by atoms with Crippen molar-refractivity contribution >= 4 is 11.9 Å². The lowest BCUT2D eigenvalue weighted by Crippen LogP contribution is -2.29. The van der Waals surface area contributed by atoms with Gasteiger partial charge in [-0.2, -0.15) is 0 Å². The quantitative estimate of drug-likeness (QED) is 0.846. The summed E-state index contributed by atoms with van der Waals surface area (Å²) in [7, 11) is 1.35. The number of aromatic hydroxyl groups is 1. The number of rotatable bonds is 3. The lowest BCUT2D eigenvalue weighted by molar-refractivity contribution is -0.145. The number of nitrogens with one attached hydrogen (secondary N) is 1. The van der Waals surface area contributed by atoms with Crippen LogP contribution in [0.15, 0.2) is 42.7 Å². The lowest BCUT2D eigenvalue weighted by Gasteiger charge is -2.16. The topological polar surface area (TPSA) is 82.6 Å². The van der Waals surface area contributed by atoms with Crippen molar-refractivity contribution in [2.24, 2.45) is 5.92 Å². The number of aromatic nitrogens is 1. The van der Waals surface area contributed by atoms with Gasteiger partial charge in [0.15, 0.2) is 0 Å². The van der Waals surface area contributed by atoms with Gasteiger partial charge in [-0.15, -0.1) is 0 Å². The van der Waals surface area contributed by atoms with E-state index < -0.39 is 5.92 Å². The van der Waals surface area contributed by atoms with Crippen molar-refractivity contribution in [3.8, 4) is 5.75 Å². The number of esters is 1. The van der Waals surface area contributed by atoms with E-state index in [0.29, 0.717) is 18.7 Å². The second kappa shape index (κ2) is 6.16. The van der Waals surface area contributed by atoms with E-state index in [9.17, 15) is 14.7 Å². The zero-order valence-corrected chi connectivity index (χ0v) is 12.7. The van der Waals surface area contributed by atoms with Crippen LogP contribution in [0.1, 0.15) is 21.8 Å². The Balaban J connectivity index is 1.86. The first-order valence-electron chi connectivity index (χ1n) is 7.39. The minimum Gasteiger partial charge on any atom is -0.508 e. The highest BCUT2D eigenvalue weighted by Crippen LogP contribution is 2.34. The van der Waals surface area contributed by atoms with E-state index >= 15 is 0 Å². The summed E-state index contributed by atoms with van der Waals surface area (Å²) in [5, 5.41) is 9.43. The number of benzene rings is 1. The number of hydrogen-bond donors (Lipinski definition) is 2. The van der Waals surface area contributed by atoms with E-state index in [1.54, 1.807) is 47.6 Å². The first-order valence-corrected chi connectivity index (χ1v) is 7.39. The number of hydrogen-bond acceptors (Lipinski definition) is 4. The summed E-state index contributed by atoms with van der Waals surface area (Å²) < 4.78 is 4.90. The number of carbonyl (C=O) groups excluding carboxylic acids is 2. The van der Waals surface area contributed by atoms with Gasteiger partial charge in [-0.25, -0.2) is 0 Å². The van der Waals surface area contributed by atoms with Gasteiger partial charge in [0.25, 0.3) is 5.91 Å². The van der Waals surface area contributed by atoms with Gasteiger partial charge in [0.2, 0.25) is 0 Å². The first-order chi connectivity index (χ1) is 11.1. The van der Waals surface area contributed by atoms with E-state index in [4.69, 9.17) is 4.74 Å². The van der Waals surface area contributed by atoms with Crippen molar-refractivity contribution in [1.82, 2.24) is 9.88 Å². The second-order valence-electron chi connectivity index (χ2n) is 5.64. The van der Waals surface area contributed by atoms with E-state index in [1.807, 2.05) is 0 Å². The van der Waals surface area contributed by atoms with Gasteiger partial charge in [0.1, 0.15) is 5.75 Å². The van der Waals surface area contributed by atoms with Gasteiger partial charge in [-0.05, 0) is 23.8 Å². The second-order valence-corrected chi connectivity index (χ2v) is 5.64. The first kappa shape index (κ1) is 15.1. The third-order valence-corrected chi connectivity index (χ3v) is 4.28. The van der Waals surface area contributed by atoms with E-state index in [0.717, 1.165) is 5.56 Å². The molecule has 0 bridgehead atoms. The number of phenols is 1. The highest BCUT2D eigenvalue weighted by atomic mass is 16.5. The maximum atomic E-state index is 12.5. The molecule has 23 heavy (non-hydrogen) atoms. The fourth-order valence-electron chi connectivity index (χ4n) is 3.06. The molecule has 0 radical (unpaired) electrons. The third kappa shape index (κ3) is 2.92. The van der Waals surface area contributed by atoms with Crippen LogP contribution in [0.3, 0.4) is 0 Å². The summed E-state index contributed by atoms with van der Waals surface area (Å²) in [6, 6.07) is 8.43. The molecule has 0 aliphatic carbocycles. The highest BCUT2D eigenvalue weighted by molar-refractivity contribution is 5.94. The number of ether oxygens (including phenoxy) is 1. The van der Waals surface area contributed by atoms with Crippen LogP contribution in [0.4, 0.5) is 0 Å². The minimum atomic E-state index is -0.410. The van der Waals surface area contributed by atoms with Crippen LogP contribution in [-0.4, -0.2) is 47.1 Å². The van der Waals surface area contributed by atoms with Crippen LogP contribution >= 0.6 is 0 Å². The summed E-state index contributed by atoms with van der Waals surface area (Å²) in [4.78, 5) is 29.1. The Bertz CT molecular complexity index is 694. The number of amides is 1. The van der Waals surface area contributed by atoms with E-state index in [2.05, 4.69) is 4.98 Å². The average molecular weight is 314 g/mol. The standard InChI is InChI=1S/C17H18N2O4/c1-23-17(22)15-10-19(16(21)12-6-7-18-8-12)9-14(15)11-2-4-13(20)5-3-11/h2-8,14-15,18,20H,9-10H2,1H3/t14-,15+/m0/s1. The van der Waals surface area contributed by atoms with Crippen molar-refractivity contribution in [1.29, 1.82) is 0 Å². The Labute approximate surface area is 133 Å². The molecule has 1 amide bonds. The molecule has 120 valence electrons. The number of likely N-dealkylation sites (tertiary alicyclic amines) is 1. The zero-order chi connectivity index (χ0) is 16.4. The number of H-pyrrole nitrogens is 1. The van der Waals surface area contributed by atoms with Gasteiger partial charge < -0.3 is 19.7 Å². The zero-order valence-electron chi connectivity index (χ0n) is 12.7. The highest BCUT2D eigenvalue weighted by Gasteiger charge is 2.41. The summed E-state index contributed by atoms with van der Waals surface area (Å²) >= 11 is 0. The largest absolute Gasteiger partial charge is 0.508 e. The van der Waals surface area contributed by atoms with Crippen LogP contribution in [0, 0.1) is 5.92 Å². The van der Waals surface area contributed by atoms with Gasteiger partial charge in [-0.1, -0.05) is 12.1 Å². The van der Waals surface area contributed by atoms with Crippen molar-refractivity contribution in [2.45, 2.75) is 5.92 Å². The number of phenolic OH excluding ortho intramolecular Hbond substituents is 1. The summed E-state index contributed by atoms with van der Waals surface area (Å²) in [5.74, 6) is -0.825. The smallest absolute Gasteiger partial charge is 0.311 e. The van der Waals surface area contributed by atoms with Gasteiger partial charge >= 0.3 is 5.97 Å². The molecule has 1 aliphatic rings. The molecule has 2 atom stereocenters. The fraction of sp³-hybridized carbons (Fsp3) is 0.294. The number of methoxy groups -OCH3 is 1. The van der Waals surface area contributed by atoms with Crippen LogP contribution in [0.25, 0.3) is 0 Å². The monoisotopic (exact) mass is 314 g/mol. The average Bonchev–Trinajstić information content (AvgIpc) is 3.24. The molecule has 2 N–H and O–H groups in total. The number of carbonyl (C=O) groups is 2. The molecule has 2 heterocycles. The van der Waals surface area contributed by atoms with Crippen molar-refractivity contribution in [3.05, 3.63) is 53.9 Å². The summed E-state index contributed by atoms with van der Waals surface area (Å²) in [6.07, 6.45) is 3.34. The molecule has 1 fully saturated rings. The summed E-state index contributed by atoms with van der Waals surface area (Å²) in [5.41, 5.74) is 1.47. The van der Waals surface area contributed by atoms with Crippen LogP contribution in [-0.2, 0) is 9.53 Å². The third-order valence-electron chi connectivity index (χ3n) is 4.28. The SMILES string of the molecule is COC(=O)[C@@H]1CN(C(=O)c2cc[nH]c2)C[C@H]1c1ccc(O)cc1. The maximum Gasteiger partial charge on any atom is 0.311 e. The molecule has 3 rings (SSSR count). The van der Waals surface area contributed by atoms with Crippen molar-refractivity contribution in [2.75, 3.05) is 20.2 Å². The van der Waals surface area contributed by atoms with Crippen molar-refractivity contribution < 1.29 is 19.4 Å². The number of nitrogens with zero attached hydrogens (tertiary/aromatic N) is 1. The van der Waals surface area contributed by atoms with Crippen LogP contribution < -0.4 is 0 Å². The van der Waals surface area contributed by atoms with Gasteiger partial charge in [-0.3, -0.25) is 9.59 Å². The molecule has 1 aromatic heterocycles. The molecule has 1 saturated heterocycles. The summed E-state index contributed by atoms with van der Waals surface area (Å²) in [6.45, 7) is 0.761. The molecule has 1 aliphatic heterocycles. The Kier molecular flexibility index (Phi) is 4.06. The Morgan fingerprint density at radius 3 is 2.57 bits per heavy atom. The van der Waals surface area contributed by atoms with Gasteiger partial charge in [0, 0.05) is 31.4 Å². The predicted molar refractivity (Wildman–Crippen MR) is 83.1 cm³/mol. The molecule has 0 unspecified atom stereocenters. The van der Waals surface area contributed by atoms with E-state index in [-0.39, 0.29) is 23.5 Å². The lowest BCUT2D eigenvalue weighted by atomic mass is 9.89. The van der Waals surface area contributed by atoms with Gasteiger partial charge in [0.05, 0.1) is 18.6 Å². The normalized spacial score (nSPS) is 20.5. The molecule has 0 spiro atoms. The Hall–Kier alpha value is -2.76. The van der Waals surface area contributed by atoms with Crippen LogP contribution in [0.2, 0.25) is 0 Å². The molecular formula is C17H18N2O4. The molecule has 2 aromatic rings. The molecule has 6 heteroatoms. The predicted octanol–water partition coefficient (Wildman–Crippen LogP) is 1.75. The van der Waals surface area contributed by atoms with E-state index in [1.165, 1.54) is 7.11 Å². The number of aromatic amines is 1. The minimum absolute atomic E-state index is 0.110. The molecule has 1 aromatic carbocycles. The Morgan fingerprint density at radius 1 is 1.22 bits per heavy atom. The van der Waals surface area contributed by atoms with Crippen molar-refractivity contribution in [3.63, 3.8) is 0 Å². The Morgan fingerprint density at radius 2 is 1.96 bits per heavy atom. The van der Waals surface area contributed by atoms with Crippen LogP contribution in [0.5, 0.6) is 5.75 Å².